The molecule has 0 atom stereocenters. The predicted molar refractivity (Wildman–Crippen MR) is 109 cm³/mol. The molecule has 1 N–H and O–H groups in total. The number of thiazole rings is 1. The van der Waals surface area contributed by atoms with Gasteiger partial charge in [-0.1, -0.05) is 39.7 Å². The summed E-state index contributed by atoms with van der Waals surface area (Å²) >= 11 is 6.75. The number of benzene rings is 2. The highest BCUT2D eigenvalue weighted by Crippen LogP contribution is 2.26. The van der Waals surface area contributed by atoms with E-state index in [2.05, 4.69) is 38.4 Å². The third-order valence-electron chi connectivity index (χ3n) is 3.43. The average Bonchev–Trinajstić information content (AvgIpc) is 3.02. The lowest BCUT2D eigenvalue weighted by Crippen LogP contribution is -2.14. The zero-order valence-electron chi connectivity index (χ0n) is 13.7. The number of thioether (sulfide) groups is 1. The molecule has 0 fully saturated rings. The first-order valence-corrected chi connectivity index (χ1v) is 10.4. The Bertz CT molecular complexity index is 862. The lowest BCUT2D eigenvalue weighted by Gasteiger charge is -2.04. The zero-order valence-corrected chi connectivity index (χ0v) is 16.9. The van der Waals surface area contributed by atoms with Crippen LogP contribution in [-0.4, -0.2) is 10.9 Å². The van der Waals surface area contributed by atoms with Gasteiger partial charge in [-0.15, -0.1) is 23.1 Å². The van der Waals surface area contributed by atoms with E-state index >= 15 is 0 Å². The zero-order chi connectivity index (χ0) is 17.6. The highest BCUT2D eigenvalue weighted by Gasteiger charge is 2.09. The van der Waals surface area contributed by atoms with Crippen LogP contribution >= 0.6 is 39.0 Å². The summed E-state index contributed by atoms with van der Waals surface area (Å²) in [7, 11) is 0. The van der Waals surface area contributed by atoms with Crippen molar-refractivity contribution in [2.75, 3.05) is 5.32 Å². The van der Waals surface area contributed by atoms with Crippen molar-refractivity contribution in [1.82, 2.24) is 4.98 Å². The maximum Gasteiger partial charge on any atom is 0.231 e. The number of halogens is 1. The van der Waals surface area contributed by atoms with Crippen LogP contribution in [-0.2, 0) is 17.0 Å². The van der Waals surface area contributed by atoms with Gasteiger partial charge in [-0.3, -0.25) is 4.79 Å². The third-order valence-corrected chi connectivity index (χ3v) is 5.85. The largest absolute Gasteiger partial charge is 0.326 e. The molecule has 3 aromatic rings. The van der Waals surface area contributed by atoms with Crippen LogP contribution < -0.4 is 5.32 Å². The van der Waals surface area contributed by atoms with Crippen LogP contribution in [0.4, 0.5) is 5.69 Å². The SMILES string of the molecule is Cc1ccc(NC(=O)Cc2nc(CSc3cccc(Br)c3)cs2)cc1. The second-order valence-electron chi connectivity index (χ2n) is 5.57. The molecular formula is C19H17BrN2OS2. The third kappa shape index (κ3) is 5.70. The van der Waals surface area contributed by atoms with E-state index < -0.39 is 0 Å². The van der Waals surface area contributed by atoms with Crippen molar-refractivity contribution in [3.63, 3.8) is 0 Å². The molecule has 0 aliphatic heterocycles. The van der Waals surface area contributed by atoms with Crippen LogP contribution in [0.25, 0.3) is 0 Å². The van der Waals surface area contributed by atoms with Gasteiger partial charge in [0.15, 0.2) is 0 Å². The van der Waals surface area contributed by atoms with Gasteiger partial charge in [-0.25, -0.2) is 4.98 Å². The van der Waals surface area contributed by atoms with E-state index in [9.17, 15) is 4.79 Å². The Morgan fingerprint density at radius 2 is 2.04 bits per heavy atom. The van der Waals surface area contributed by atoms with Crippen LogP contribution in [0.15, 0.2) is 63.3 Å². The summed E-state index contributed by atoms with van der Waals surface area (Å²) in [6.45, 7) is 2.02. The first kappa shape index (κ1) is 18.2. The Labute approximate surface area is 164 Å². The summed E-state index contributed by atoms with van der Waals surface area (Å²) in [5.41, 5.74) is 3.00. The Kier molecular flexibility index (Phi) is 6.29. The van der Waals surface area contributed by atoms with E-state index in [1.54, 1.807) is 11.8 Å². The molecule has 1 aromatic heterocycles. The normalized spacial score (nSPS) is 10.6. The van der Waals surface area contributed by atoms with E-state index in [0.29, 0.717) is 6.42 Å². The molecule has 0 unspecified atom stereocenters. The minimum absolute atomic E-state index is 0.0376. The van der Waals surface area contributed by atoms with Gasteiger partial charge in [0.1, 0.15) is 5.01 Å². The number of hydrogen-bond donors (Lipinski definition) is 1. The predicted octanol–water partition coefficient (Wildman–Crippen LogP) is 5.69. The Balaban J connectivity index is 1.52. The van der Waals surface area contributed by atoms with Gasteiger partial charge in [0.2, 0.25) is 5.91 Å². The number of aryl methyl sites for hydroxylation is 1. The van der Waals surface area contributed by atoms with Gasteiger partial charge in [0.25, 0.3) is 0 Å². The molecule has 0 spiro atoms. The van der Waals surface area contributed by atoms with Crippen LogP contribution in [0.1, 0.15) is 16.3 Å². The van der Waals surface area contributed by atoms with Crippen molar-refractivity contribution < 1.29 is 4.79 Å². The summed E-state index contributed by atoms with van der Waals surface area (Å²) < 4.78 is 1.07. The van der Waals surface area contributed by atoms with Gasteiger partial charge in [-0.2, -0.15) is 0 Å². The van der Waals surface area contributed by atoms with E-state index in [-0.39, 0.29) is 5.91 Å². The number of anilines is 1. The van der Waals surface area contributed by atoms with Crippen LogP contribution in [0.2, 0.25) is 0 Å². The van der Waals surface area contributed by atoms with Crippen LogP contribution in [0.3, 0.4) is 0 Å². The summed E-state index contributed by atoms with van der Waals surface area (Å²) in [5, 5.41) is 5.78. The van der Waals surface area contributed by atoms with Crippen molar-refractivity contribution in [3.05, 3.63) is 74.6 Å². The molecule has 6 heteroatoms. The molecule has 128 valence electrons. The fourth-order valence-electron chi connectivity index (χ4n) is 2.19. The number of aromatic nitrogens is 1. The van der Waals surface area contributed by atoms with Gasteiger partial charge in [-0.05, 0) is 37.3 Å². The molecule has 1 heterocycles. The van der Waals surface area contributed by atoms with Crippen molar-refractivity contribution >= 4 is 50.6 Å². The first-order chi connectivity index (χ1) is 12.1. The number of carbonyl (C=O) groups excluding carboxylic acids is 1. The molecule has 0 saturated carbocycles. The maximum atomic E-state index is 12.1. The molecule has 0 aliphatic rings. The second-order valence-corrected chi connectivity index (χ2v) is 8.48. The molecular weight excluding hydrogens is 416 g/mol. The summed E-state index contributed by atoms with van der Waals surface area (Å²) in [5.74, 6) is 0.761. The minimum Gasteiger partial charge on any atom is -0.326 e. The number of rotatable bonds is 6. The summed E-state index contributed by atoms with van der Waals surface area (Å²) in [6.07, 6.45) is 0.306. The van der Waals surface area contributed by atoms with E-state index in [1.807, 2.05) is 48.7 Å². The molecule has 0 aliphatic carbocycles. The molecule has 3 nitrogen and oxygen atoms in total. The van der Waals surface area contributed by atoms with E-state index in [4.69, 9.17) is 0 Å². The summed E-state index contributed by atoms with van der Waals surface area (Å²) in [4.78, 5) is 17.9. The molecule has 25 heavy (non-hydrogen) atoms. The molecule has 3 rings (SSSR count). The Morgan fingerprint density at radius 1 is 1.24 bits per heavy atom. The maximum absolute atomic E-state index is 12.1. The monoisotopic (exact) mass is 432 g/mol. The minimum atomic E-state index is -0.0376. The van der Waals surface area contributed by atoms with Crippen LogP contribution in [0, 0.1) is 6.92 Å². The van der Waals surface area contributed by atoms with E-state index in [0.717, 1.165) is 26.6 Å². The second kappa shape index (κ2) is 8.65. The molecule has 1 amide bonds. The van der Waals surface area contributed by atoms with Gasteiger partial charge in [0, 0.05) is 26.2 Å². The average molecular weight is 433 g/mol. The Hall–Kier alpha value is -1.63. The van der Waals surface area contributed by atoms with Gasteiger partial charge < -0.3 is 5.32 Å². The highest BCUT2D eigenvalue weighted by molar-refractivity contribution is 9.10. The molecule has 0 saturated heterocycles. The first-order valence-electron chi connectivity index (χ1n) is 7.77. The van der Waals surface area contributed by atoms with Crippen molar-refractivity contribution in [1.29, 1.82) is 0 Å². The topological polar surface area (TPSA) is 42.0 Å². The molecule has 0 bridgehead atoms. The number of carbonyl (C=O) groups is 1. The molecule has 0 radical (unpaired) electrons. The number of hydrogen-bond acceptors (Lipinski definition) is 4. The highest BCUT2D eigenvalue weighted by atomic mass is 79.9. The van der Waals surface area contributed by atoms with Crippen molar-refractivity contribution in [3.8, 4) is 0 Å². The lowest BCUT2D eigenvalue weighted by molar-refractivity contribution is -0.115. The molecule has 2 aromatic carbocycles. The smallest absolute Gasteiger partial charge is 0.231 e. The number of amides is 1. The van der Waals surface area contributed by atoms with Gasteiger partial charge >= 0.3 is 0 Å². The lowest BCUT2D eigenvalue weighted by atomic mass is 10.2. The number of nitrogens with zero attached hydrogens (tertiary/aromatic N) is 1. The van der Waals surface area contributed by atoms with Gasteiger partial charge in [0.05, 0.1) is 12.1 Å². The van der Waals surface area contributed by atoms with Crippen molar-refractivity contribution in [2.45, 2.75) is 24.0 Å². The standard InChI is InChI=1S/C19H17BrN2OS2/c1-13-5-7-15(8-6-13)21-18(23)10-19-22-16(12-25-19)11-24-17-4-2-3-14(20)9-17/h2-9,12H,10-11H2,1H3,(H,21,23). The fourth-order valence-corrected chi connectivity index (χ4v) is 4.49. The van der Waals surface area contributed by atoms with Crippen LogP contribution in [0.5, 0.6) is 0 Å². The van der Waals surface area contributed by atoms with Crippen molar-refractivity contribution in [2.24, 2.45) is 0 Å². The quantitative estimate of drug-likeness (QED) is 0.508. The Morgan fingerprint density at radius 3 is 2.80 bits per heavy atom. The van der Waals surface area contributed by atoms with E-state index in [1.165, 1.54) is 21.8 Å². The fraction of sp³-hybridized carbons (Fsp3) is 0.158. The summed E-state index contributed by atoms with van der Waals surface area (Å²) in [6, 6.07) is 16.0. The number of nitrogens with one attached hydrogen (secondary N) is 1.